The molecule has 1 aromatic rings. The van der Waals surface area contributed by atoms with Crippen molar-refractivity contribution < 1.29 is 4.79 Å². The second-order valence-electron chi connectivity index (χ2n) is 4.68. The van der Waals surface area contributed by atoms with Crippen LogP contribution < -0.4 is 5.32 Å². The SMILES string of the molecule is CCCNc1ccc(C(=O)N(CC)C2CC2)nc1. The number of nitrogens with zero attached hydrogens (tertiary/aromatic N) is 2. The molecule has 0 bridgehead atoms. The molecular weight excluding hydrogens is 226 g/mol. The molecule has 2 rings (SSSR count). The molecule has 1 saturated carbocycles. The molecule has 1 aliphatic rings. The van der Waals surface area contributed by atoms with Gasteiger partial charge in [0.05, 0.1) is 11.9 Å². The number of amides is 1. The van der Waals surface area contributed by atoms with Crippen LogP contribution in [0.1, 0.15) is 43.6 Å². The van der Waals surface area contributed by atoms with Crippen LogP contribution in [0.3, 0.4) is 0 Å². The highest BCUT2D eigenvalue weighted by Crippen LogP contribution is 2.27. The van der Waals surface area contributed by atoms with Crippen LogP contribution in [0.15, 0.2) is 18.3 Å². The minimum absolute atomic E-state index is 0.0574. The van der Waals surface area contributed by atoms with Gasteiger partial charge >= 0.3 is 0 Å². The number of rotatable bonds is 6. The van der Waals surface area contributed by atoms with Gasteiger partial charge in [-0.15, -0.1) is 0 Å². The summed E-state index contributed by atoms with van der Waals surface area (Å²) in [5, 5.41) is 3.25. The van der Waals surface area contributed by atoms with E-state index in [1.54, 1.807) is 6.20 Å². The van der Waals surface area contributed by atoms with E-state index in [1.165, 1.54) is 0 Å². The molecule has 4 nitrogen and oxygen atoms in total. The average Bonchev–Trinajstić information content (AvgIpc) is 3.22. The lowest BCUT2D eigenvalue weighted by molar-refractivity contribution is 0.0746. The summed E-state index contributed by atoms with van der Waals surface area (Å²) >= 11 is 0. The molecule has 1 fully saturated rings. The quantitative estimate of drug-likeness (QED) is 0.840. The third kappa shape index (κ3) is 3.00. The van der Waals surface area contributed by atoms with Crippen molar-refractivity contribution in [2.24, 2.45) is 0 Å². The number of pyridine rings is 1. The van der Waals surface area contributed by atoms with Crippen molar-refractivity contribution in [3.63, 3.8) is 0 Å². The molecule has 1 N–H and O–H groups in total. The van der Waals surface area contributed by atoms with Crippen LogP contribution in [0.5, 0.6) is 0 Å². The molecule has 18 heavy (non-hydrogen) atoms. The number of carbonyl (C=O) groups excluding carboxylic acids is 1. The van der Waals surface area contributed by atoms with E-state index in [0.717, 1.165) is 38.0 Å². The number of hydrogen-bond acceptors (Lipinski definition) is 3. The van der Waals surface area contributed by atoms with Crippen molar-refractivity contribution in [2.45, 2.75) is 39.2 Å². The zero-order valence-corrected chi connectivity index (χ0v) is 11.1. The van der Waals surface area contributed by atoms with Crippen molar-refractivity contribution >= 4 is 11.6 Å². The highest BCUT2D eigenvalue weighted by Gasteiger charge is 2.32. The third-order valence-electron chi connectivity index (χ3n) is 3.15. The van der Waals surface area contributed by atoms with Crippen LogP contribution in [-0.4, -0.2) is 34.9 Å². The smallest absolute Gasteiger partial charge is 0.272 e. The van der Waals surface area contributed by atoms with E-state index < -0.39 is 0 Å². The fraction of sp³-hybridized carbons (Fsp3) is 0.571. The van der Waals surface area contributed by atoms with Gasteiger partial charge in [0, 0.05) is 19.1 Å². The molecule has 0 saturated heterocycles. The molecule has 4 heteroatoms. The highest BCUT2D eigenvalue weighted by atomic mass is 16.2. The second kappa shape index (κ2) is 5.85. The van der Waals surface area contributed by atoms with Gasteiger partial charge in [-0.2, -0.15) is 0 Å². The van der Waals surface area contributed by atoms with Gasteiger partial charge in [-0.3, -0.25) is 4.79 Å². The van der Waals surface area contributed by atoms with E-state index in [9.17, 15) is 4.79 Å². The fourth-order valence-corrected chi connectivity index (χ4v) is 2.00. The first-order chi connectivity index (χ1) is 8.76. The van der Waals surface area contributed by atoms with Crippen LogP contribution >= 0.6 is 0 Å². The summed E-state index contributed by atoms with van der Waals surface area (Å²) in [6, 6.07) is 4.18. The molecule has 0 aliphatic heterocycles. The Hall–Kier alpha value is -1.58. The van der Waals surface area contributed by atoms with E-state index in [1.807, 2.05) is 24.0 Å². The summed E-state index contributed by atoms with van der Waals surface area (Å²) in [6.45, 7) is 5.83. The first-order valence-corrected chi connectivity index (χ1v) is 6.77. The normalized spacial score (nSPS) is 14.3. The number of carbonyl (C=O) groups is 1. The molecular formula is C14H21N3O. The van der Waals surface area contributed by atoms with Gasteiger partial charge < -0.3 is 10.2 Å². The molecule has 0 atom stereocenters. The van der Waals surface area contributed by atoms with Gasteiger partial charge in [-0.25, -0.2) is 4.98 Å². The maximum Gasteiger partial charge on any atom is 0.272 e. The molecule has 0 aromatic carbocycles. The zero-order valence-electron chi connectivity index (χ0n) is 11.1. The Morgan fingerprint density at radius 1 is 1.44 bits per heavy atom. The molecule has 98 valence electrons. The Kier molecular flexibility index (Phi) is 4.18. The summed E-state index contributed by atoms with van der Waals surface area (Å²) < 4.78 is 0. The Bertz CT molecular complexity index is 398. The lowest BCUT2D eigenvalue weighted by Gasteiger charge is -2.19. The molecule has 1 amide bonds. The van der Waals surface area contributed by atoms with Crippen LogP contribution in [0.4, 0.5) is 5.69 Å². The number of anilines is 1. The third-order valence-corrected chi connectivity index (χ3v) is 3.15. The summed E-state index contributed by atoms with van der Waals surface area (Å²) in [5.74, 6) is 0.0574. The van der Waals surface area contributed by atoms with Gasteiger partial charge in [0.2, 0.25) is 0 Å². The van der Waals surface area contributed by atoms with E-state index in [0.29, 0.717) is 11.7 Å². The summed E-state index contributed by atoms with van der Waals surface area (Å²) in [5.41, 5.74) is 1.52. The Morgan fingerprint density at radius 2 is 2.22 bits per heavy atom. The van der Waals surface area contributed by atoms with Crippen molar-refractivity contribution in [1.82, 2.24) is 9.88 Å². The van der Waals surface area contributed by atoms with Crippen LogP contribution in [-0.2, 0) is 0 Å². The van der Waals surface area contributed by atoms with Crippen molar-refractivity contribution in [1.29, 1.82) is 0 Å². The van der Waals surface area contributed by atoms with E-state index in [-0.39, 0.29) is 5.91 Å². The Balaban J connectivity index is 2.01. The van der Waals surface area contributed by atoms with Gasteiger partial charge in [0.25, 0.3) is 5.91 Å². The molecule has 0 spiro atoms. The Morgan fingerprint density at radius 3 is 2.72 bits per heavy atom. The predicted octanol–water partition coefficient (Wildman–Crippen LogP) is 2.53. The summed E-state index contributed by atoms with van der Waals surface area (Å²) in [7, 11) is 0. The summed E-state index contributed by atoms with van der Waals surface area (Å²) in [4.78, 5) is 18.4. The van der Waals surface area contributed by atoms with E-state index >= 15 is 0 Å². The van der Waals surface area contributed by atoms with E-state index in [4.69, 9.17) is 0 Å². The zero-order chi connectivity index (χ0) is 13.0. The molecule has 0 radical (unpaired) electrons. The first kappa shape index (κ1) is 12.9. The van der Waals surface area contributed by atoms with Crippen molar-refractivity contribution in [2.75, 3.05) is 18.4 Å². The maximum atomic E-state index is 12.2. The summed E-state index contributed by atoms with van der Waals surface area (Å²) in [6.07, 6.45) is 5.08. The van der Waals surface area contributed by atoms with E-state index in [2.05, 4.69) is 17.2 Å². The topological polar surface area (TPSA) is 45.2 Å². The lowest BCUT2D eigenvalue weighted by Crippen LogP contribution is -2.33. The average molecular weight is 247 g/mol. The minimum atomic E-state index is 0.0574. The van der Waals surface area contributed by atoms with Crippen LogP contribution in [0, 0.1) is 0 Å². The highest BCUT2D eigenvalue weighted by molar-refractivity contribution is 5.92. The van der Waals surface area contributed by atoms with Crippen LogP contribution in [0.25, 0.3) is 0 Å². The minimum Gasteiger partial charge on any atom is -0.384 e. The van der Waals surface area contributed by atoms with Gasteiger partial charge in [0.15, 0.2) is 0 Å². The van der Waals surface area contributed by atoms with Crippen LogP contribution in [0.2, 0.25) is 0 Å². The Labute approximate surface area is 108 Å². The first-order valence-electron chi connectivity index (χ1n) is 6.77. The lowest BCUT2D eigenvalue weighted by atomic mass is 10.3. The standard InChI is InChI=1S/C14H21N3O/c1-3-9-15-11-5-8-13(16-10-11)14(18)17(4-2)12-6-7-12/h5,8,10,12,15H,3-4,6-7,9H2,1-2H3. The number of aromatic nitrogens is 1. The fourth-order valence-electron chi connectivity index (χ4n) is 2.00. The van der Waals surface area contributed by atoms with Gasteiger partial charge in [0.1, 0.15) is 5.69 Å². The maximum absolute atomic E-state index is 12.2. The monoisotopic (exact) mass is 247 g/mol. The molecule has 1 aromatic heterocycles. The number of hydrogen-bond donors (Lipinski definition) is 1. The largest absolute Gasteiger partial charge is 0.384 e. The van der Waals surface area contributed by atoms with Gasteiger partial charge in [-0.05, 0) is 38.3 Å². The number of nitrogens with one attached hydrogen (secondary N) is 1. The van der Waals surface area contributed by atoms with Gasteiger partial charge in [-0.1, -0.05) is 6.92 Å². The molecule has 0 unspecified atom stereocenters. The second-order valence-corrected chi connectivity index (χ2v) is 4.68. The van der Waals surface area contributed by atoms with Crippen molar-refractivity contribution in [3.8, 4) is 0 Å². The molecule has 1 heterocycles. The van der Waals surface area contributed by atoms with Crippen molar-refractivity contribution in [3.05, 3.63) is 24.0 Å². The molecule has 1 aliphatic carbocycles. The predicted molar refractivity (Wildman–Crippen MR) is 72.8 cm³/mol.